The van der Waals surface area contributed by atoms with Gasteiger partial charge in [0.2, 0.25) is 0 Å². The summed E-state index contributed by atoms with van der Waals surface area (Å²) in [7, 11) is 0. The molecule has 3 atom stereocenters. The topological polar surface area (TPSA) is 26.6 Å². The maximum absolute atomic E-state index is 5.80. The predicted octanol–water partition coefficient (Wildman–Crippen LogP) is 2.31. The summed E-state index contributed by atoms with van der Waals surface area (Å²) < 4.78 is 5.80. The fourth-order valence-electron chi connectivity index (χ4n) is 3.01. The fourth-order valence-corrected chi connectivity index (χ4v) is 3.83. The number of aryl methyl sites for hydroxylation is 1. The molecule has 1 unspecified atom stereocenters. The van der Waals surface area contributed by atoms with Crippen LogP contribution in [0.15, 0.2) is 29.6 Å². The number of nitrogens with zero attached hydrogens (tertiary/aromatic N) is 1. The number of aromatic nitrogens is 1. The van der Waals surface area contributed by atoms with Gasteiger partial charge in [0.05, 0.1) is 0 Å². The van der Waals surface area contributed by atoms with E-state index < -0.39 is 0 Å². The van der Waals surface area contributed by atoms with E-state index in [-0.39, 0.29) is 0 Å². The first-order valence-corrected chi connectivity index (χ1v) is 8.48. The van der Waals surface area contributed by atoms with Gasteiger partial charge >= 0.3 is 0 Å². The zero-order valence-electron chi connectivity index (χ0n) is 12.9. The van der Waals surface area contributed by atoms with Crippen LogP contribution in [0.1, 0.15) is 25.1 Å². The molecule has 1 aliphatic rings. The lowest BCUT2D eigenvalue weighted by atomic mass is 10.2. The summed E-state index contributed by atoms with van der Waals surface area (Å²) in [4.78, 5) is 6.38. The molecular weight excluding hydrogens is 280 g/mol. The molecule has 1 aromatic heterocycles. The van der Waals surface area contributed by atoms with Crippen molar-refractivity contribution in [3.05, 3.63) is 40.9 Å². The summed E-state index contributed by atoms with van der Waals surface area (Å²) in [5.74, 6) is 0. The predicted molar refractivity (Wildman–Crippen MR) is 86.7 cm³/mol. The van der Waals surface area contributed by atoms with Crippen LogP contribution in [0.25, 0.3) is 10.6 Å². The molecule has 0 aliphatic carbocycles. The van der Waals surface area contributed by atoms with Crippen molar-refractivity contribution in [3.63, 3.8) is 0 Å². The van der Waals surface area contributed by atoms with Crippen LogP contribution in [0, 0.1) is 6.92 Å². The van der Waals surface area contributed by atoms with Gasteiger partial charge in [-0.05, 0) is 20.8 Å². The second-order valence-electron chi connectivity index (χ2n) is 6.10. The minimum atomic E-state index is 0.346. The summed E-state index contributed by atoms with van der Waals surface area (Å²) in [5.41, 5.74) is 3.71. The Labute approximate surface area is 130 Å². The number of morpholine rings is 1. The largest absolute Gasteiger partial charge is 0.364 e. The van der Waals surface area contributed by atoms with Gasteiger partial charge in [-0.2, -0.15) is 0 Å². The van der Waals surface area contributed by atoms with Gasteiger partial charge < -0.3 is 9.64 Å². The quantitative estimate of drug-likeness (QED) is 0.942. The van der Waals surface area contributed by atoms with Gasteiger partial charge in [0.15, 0.2) is 0 Å². The van der Waals surface area contributed by atoms with Gasteiger partial charge in [0.1, 0.15) is 42.5 Å². The second kappa shape index (κ2) is 6.26. The highest BCUT2D eigenvalue weighted by atomic mass is 32.1. The van der Waals surface area contributed by atoms with Crippen molar-refractivity contribution in [1.29, 1.82) is 0 Å². The fraction of sp³-hybridized carbons (Fsp3) is 0.471. The summed E-state index contributed by atoms with van der Waals surface area (Å²) in [6, 6.07) is 8.60. The summed E-state index contributed by atoms with van der Waals surface area (Å²) in [5, 5.41) is 3.33. The van der Waals surface area contributed by atoms with Crippen molar-refractivity contribution < 1.29 is 9.64 Å². The summed E-state index contributed by atoms with van der Waals surface area (Å²) >= 11 is 1.74. The molecule has 0 bridgehead atoms. The highest BCUT2D eigenvalue weighted by Crippen LogP contribution is 2.23. The first kappa shape index (κ1) is 14.7. The highest BCUT2D eigenvalue weighted by Gasteiger charge is 2.26. The molecule has 1 N–H and O–H groups in total. The third-order valence-electron chi connectivity index (χ3n) is 3.90. The first-order chi connectivity index (χ1) is 10.1. The van der Waals surface area contributed by atoms with Crippen LogP contribution in [-0.4, -0.2) is 30.3 Å². The third-order valence-corrected chi connectivity index (χ3v) is 4.84. The average Bonchev–Trinajstić information content (AvgIpc) is 2.87. The molecule has 0 amide bonds. The Balaban J connectivity index is 1.69. The standard InChI is InChI=1S/C17H22N2OS/c1-12-4-6-15(7-5-12)17-18-16(11-21-17)10-19-8-13(2)20-14(3)9-19/h4-7,11,13-14H,8-10H2,1-3H3/p+1/t13-,14+. The number of ether oxygens (including phenoxy) is 1. The minimum Gasteiger partial charge on any atom is -0.364 e. The number of hydrogen-bond acceptors (Lipinski definition) is 3. The van der Waals surface area contributed by atoms with E-state index in [2.05, 4.69) is 50.4 Å². The summed E-state index contributed by atoms with van der Waals surface area (Å²) in [6.45, 7) is 9.58. The van der Waals surface area contributed by atoms with Gasteiger partial charge in [-0.15, -0.1) is 11.3 Å². The molecular formula is C17H23N2OS+. The smallest absolute Gasteiger partial charge is 0.123 e. The minimum absolute atomic E-state index is 0.346. The van der Waals surface area contributed by atoms with Crippen LogP contribution in [0.2, 0.25) is 0 Å². The van der Waals surface area contributed by atoms with E-state index in [1.165, 1.54) is 16.8 Å². The molecule has 2 aromatic rings. The molecule has 0 spiro atoms. The molecule has 1 fully saturated rings. The molecule has 3 rings (SSSR count). The van der Waals surface area contributed by atoms with E-state index >= 15 is 0 Å². The van der Waals surface area contributed by atoms with Crippen molar-refractivity contribution in [2.45, 2.75) is 39.5 Å². The molecule has 112 valence electrons. The maximum atomic E-state index is 5.80. The van der Waals surface area contributed by atoms with Gasteiger partial charge in [-0.1, -0.05) is 29.8 Å². The van der Waals surface area contributed by atoms with Gasteiger partial charge in [0.25, 0.3) is 0 Å². The molecule has 0 radical (unpaired) electrons. The Morgan fingerprint density at radius 3 is 2.52 bits per heavy atom. The number of thiazole rings is 1. The van der Waals surface area contributed by atoms with E-state index in [4.69, 9.17) is 9.72 Å². The number of nitrogens with one attached hydrogen (secondary N) is 1. The number of quaternary nitrogens is 1. The number of benzene rings is 1. The van der Waals surface area contributed by atoms with Crippen LogP contribution in [-0.2, 0) is 11.3 Å². The van der Waals surface area contributed by atoms with Crippen molar-refractivity contribution in [1.82, 2.24) is 4.98 Å². The van der Waals surface area contributed by atoms with Crippen LogP contribution in [0.4, 0.5) is 0 Å². The Hall–Kier alpha value is -1.23. The van der Waals surface area contributed by atoms with E-state index in [1.807, 2.05) is 0 Å². The second-order valence-corrected chi connectivity index (χ2v) is 6.96. The Morgan fingerprint density at radius 1 is 1.19 bits per heavy atom. The van der Waals surface area contributed by atoms with E-state index in [1.54, 1.807) is 16.2 Å². The lowest BCUT2D eigenvalue weighted by Gasteiger charge is -2.31. The molecule has 1 aromatic carbocycles. The van der Waals surface area contributed by atoms with Gasteiger partial charge in [-0.3, -0.25) is 0 Å². The molecule has 2 heterocycles. The lowest BCUT2D eigenvalue weighted by molar-refractivity contribution is -0.928. The molecule has 1 saturated heterocycles. The zero-order chi connectivity index (χ0) is 14.8. The van der Waals surface area contributed by atoms with Gasteiger partial charge in [0, 0.05) is 10.9 Å². The lowest BCUT2D eigenvalue weighted by Crippen LogP contribution is -3.14. The summed E-state index contributed by atoms with van der Waals surface area (Å²) in [6.07, 6.45) is 0.693. The first-order valence-electron chi connectivity index (χ1n) is 7.60. The van der Waals surface area contributed by atoms with Crippen molar-refractivity contribution in [2.75, 3.05) is 13.1 Å². The van der Waals surface area contributed by atoms with E-state index in [0.717, 1.165) is 24.6 Å². The SMILES string of the molecule is Cc1ccc(-c2nc(C[NH+]3C[C@@H](C)O[C@@H](C)C3)cs2)cc1. The van der Waals surface area contributed by atoms with Crippen LogP contribution < -0.4 is 4.90 Å². The van der Waals surface area contributed by atoms with Crippen LogP contribution in [0.3, 0.4) is 0 Å². The third kappa shape index (κ3) is 3.70. The Morgan fingerprint density at radius 2 is 1.86 bits per heavy atom. The Bertz CT molecular complexity index is 583. The zero-order valence-corrected chi connectivity index (χ0v) is 13.7. The van der Waals surface area contributed by atoms with Crippen LogP contribution in [0.5, 0.6) is 0 Å². The number of rotatable bonds is 3. The molecule has 21 heavy (non-hydrogen) atoms. The van der Waals surface area contributed by atoms with Crippen molar-refractivity contribution >= 4 is 11.3 Å². The van der Waals surface area contributed by atoms with Crippen molar-refractivity contribution in [3.8, 4) is 10.6 Å². The Kier molecular flexibility index (Phi) is 4.38. The van der Waals surface area contributed by atoms with Crippen molar-refractivity contribution in [2.24, 2.45) is 0 Å². The normalized spacial score (nSPS) is 26.0. The molecule has 1 aliphatic heterocycles. The monoisotopic (exact) mass is 303 g/mol. The highest BCUT2D eigenvalue weighted by molar-refractivity contribution is 7.13. The molecule has 3 nitrogen and oxygen atoms in total. The van der Waals surface area contributed by atoms with E-state index in [0.29, 0.717) is 12.2 Å². The van der Waals surface area contributed by atoms with E-state index in [9.17, 15) is 0 Å². The van der Waals surface area contributed by atoms with Gasteiger partial charge in [-0.25, -0.2) is 4.98 Å². The molecule has 0 saturated carbocycles. The average molecular weight is 303 g/mol. The van der Waals surface area contributed by atoms with Crippen LogP contribution >= 0.6 is 11.3 Å². The number of hydrogen-bond donors (Lipinski definition) is 1. The maximum Gasteiger partial charge on any atom is 0.123 e. The molecule has 4 heteroatoms.